The molecule has 0 aliphatic carbocycles. The zero-order valence-corrected chi connectivity index (χ0v) is 13.4. The first-order valence-electron chi connectivity index (χ1n) is 6.76. The van der Waals surface area contributed by atoms with E-state index in [0.29, 0.717) is 19.7 Å². The third-order valence-corrected chi connectivity index (χ3v) is 4.74. The average molecular weight is 303 g/mol. The van der Waals surface area contributed by atoms with Crippen LogP contribution in [0.5, 0.6) is 0 Å². The lowest BCUT2D eigenvalue weighted by molar-refractivity contribution is 0.157. The molecule has 0 aliphatic heterocycles. The van der Waals surface area contributed by atoms with Gasteiger partial charge in [0.1, 0.15) is 0 Å². The molecule has 1 heterocycles. The van der Waals surface area contributed by atoms with Crippen molar-refractivity contribution in [3.05, 3.63) is 18.0 Å². The lowest BCUT2D eigenvalue weighted by Gasteiger charge is -2.20. The van der Waals surface area contributed by atoms with Gasteiger partial charge in [0.2, 0.25) is 10.0 Å². The van der Waals surface area contributed by atoms with E-state index in [4.69, 9.17) is 10.5 Å². The highest BCUT2D eigenvalue weighted by Crippen LogP contribution is 2.16. The second kappa shape index (κ2) is 7.21. The Morgan fingerprint density at radius 3 is 2.50 bits per heavy atom. The summed E-state index contributed by atoms with van der Waals surface area (Å²) in [7, 11) is -2.00. The van der Waals surface area contributed by atoms with Crippen LogP contribution in [0.3, 0.4) is 0 Å². The van der Waals surface area contributed by atoms with E-state index in [1.807, 2.05) is 25.3 Å². The van der Waals surface area contributed by atoms with E-state index >= 15 is 0 Å². The molecule has 20 heavy (non-hydrogen) atoms. The Hall–Kier alpha value is -0.890. The SMILES string of the molecule is CCn1cc(S(=O)(=O)NC(COC)C(C)C)cc1CN. The van der Waals surface area contributed by atoms with Gasteiger partial charge >= 0.3 is 0 Å². The molecule has 116 valence electrons. The van der Waals surface area contributed by atoms with Crippen molar-refractivity contribution in [3.63, 3.8) is 0 Å². The Labute approximate surface area is 121 Å². The fourth-order valence-corrected chi connectivity index (χ4v) is 3.38. The molecule has 0 fully saturated rings. The van der Waals surface area contributed by atoms with Crippen LogP contribution in [-0.4, -0.2) is 32.7 Å². The number of nitrogens with one attached hydrogen (secondary N) is 1. The number of nitrogens with two attached hydrogens (primary N) is 1. The number of aromatic nitrogens is 1. The van der Waals surface area contributed by atoms with Crippen LogP contribution in [0.15, 0.2) is 17.2 Å². The molecule has 1 atom stereocenters. The second-order valence-electron chi connectivity index (χ2n) is 5.08. The smallest absolute Gasteiger partial charge is 0.242 e. The summed E-state index contributed by atoms with van der Waals surface area (Å²) in [6, 6.07) is 1.37. The van der Waals surface area contributed by atoms with Gasteiger partial charge in [0.05, 0.1) is 11.5 Å². The maximum absolute atomic E-state index is 12.4. The number of methoxy groups -OCH3 is 1. The maximum Gasteiger partial charge on any atom is 0.242 e. The van der Waals surface area contributed by atoms with Crippen molar-refractivity contribution in [3.8, 4) is 0 Å². The number of hydrogen-bond acceptors (Lipinski definition) is 4. The fraction of sp³-hybridized carbons (Fsp3) is 0.692. The van der Waals surface area contributed by atoms with Gasteiger partial charge in [-0.15, -0.1) is 0 Å². The van der Waals surface area contributed by atoms with Gasteiger partial charge in [-0.2, -0.15) is 0 Å². The monoisotopic (exact) mass is 303 g/mol. The maximum atomic E-state index is 12.4. The largest absolute Gasteiger partial charge is 0.383 e. The van der Waals surface area contributed by atoms with Gasteiger partial charge in [-0.25, -0.2) is 13.1 Å². The minimum atomic E-state index is -3.55. The fourth-order valence-electron chi connectivity index (χ4n) is 1.95. The van der Waals surface area contributed by atoms with Crippen molar-refractivity contribution in [2.24, 2.45) is 11.7 Å². The van der Waals surface area contributed by atoms with Crippen LogP contribution in [0.2, 0.25) is 0 Å². The number of nitrogens with zero attached hydrogens (tertiary/aromatic N) is 1. The Morgan fingerprint density at radius 2 is 2.10 bits per heavy atom. The minimum Gasteiger partial charge on any atom is -0.383 e. The lowest BCUT2D eigenvalue weighted by atomic mass is 10.1. The molecular weight excluding hydrogens is 278 g/mol. The van der Waals surface area contributed by atoms with Gasteiger partial charge in [-0.05, 0) is 18.9 Å². The summed E-state index contributed by atoms with van der Waals surface area (Å²) < 4.78 is 34.4. The van der Waals surface area contributed by atoms with E-state index in [0.717, 1.165) is 5.69 Å². The van der Waals surface area contributed by atoms with Gasteiger partial charge in [0.25, 0.3) is 0 Å². The lowest BCUT2D eigenvalue weighted by Crippen LogP contribution is -2.41. The molecule has 0 radical (unpaired) electrons. The third-order valence-electron chi connectivity index (χ3n) is 3.28. The summed E-state index contributed by atoms with van der Waals surface area (Å²) in [5.74, 6) is 0.145. The molecule has 0 saturated carbocycles. The summed E-state index contributed by atoms with van der Waals surface area (Å²) in [4.78, 5) is 0.251. The van der Waals surface area contributed by atoms with Crippen LogP contribution in [0, 0.1) is 5.92 Å². The van der Waals surface area contributed by atoms with Crippen molar-refractivity contribution in [2.75, 3.05) is 13.7 Å². The zero-order chi connectivity index (χ0) is 15.3. The second-order valence-corrected chi connectivity index (χ2v) is 6.80. The number of hydrogen-bond donors (Lipinski definition) is 2. The summed E-state index contributed by atoms with van der Waals surface area (Å²) >= 11 is 0. The van der Waals surface area contributed by atoms with Crippen molar-refractivity contribution in [2.45, 2.75) is 44.8 Å². The summed E-state index contributed by atoms with van der Waals surface area (Å²) in [5.41, 5.74) is 6.43. The van der Waals surface area contributed by atoms with Gasteiger partial charge < -0.3 is 15.0 Å². The van der Waals surface area contributed by atoms with E-state index in [1.54, 1.807) is 19.4 Å². The summed E-state index contributed by atoms with van der Waals surface area (Å²) in [5, 5.41) is 0. The van der Waals surface area contributed by atoms with Gasteiger partial charge in [-0.3, -0.25) is 0 Å². The topological polar surface area (TPSA) is 86.3 Å². The zero-order valence-electron chi connectivity index (χ0n) is 12.6. The van der Waals surface area contributed by atoms with Crippen LogP contribution >= 0.6 is 0 Å². The van der Waals surface area contributed by atoms with E-state index < -0.39 is 10.0 Å². The molecule has 0 bridgehead atoms. The van der Waals surface area contributed by atoms with Crippen LogP contribution in [0.4, 0.5) is 0 Å². The summed E-state index contributed by atoms with van der Waals surface area (Å²) in [6.07, 6.45) is 1.62. The predicted octanol–water partition coefficient (Wildman–Crippen LogP) is 0.916. The first kappa shape index (κ1) is 17.2. The number of sulfonamides is 1. The van der Waals surface area contributed by atoms with Crippen LogP contribution in [-0.2, 0) is 27.8 Å². The highest BCUT2D eigenvalue weighted by molar-refractivity contribution is 7.89. The Morgan fingerprint density at radius 1 is 1.45 bits per heavy atom. The first-order valence-corrected chi connectivity index (χ1v) is 8.24. The minimum absolute atomic E-state index is 0.145. The molecule has 1 aromatic rings. The standard InChI is InChI=1S/C13H25N3O3S/c1-5-16-8-12(6-11(16)7-14)20(17,18)15-13(9-19-4)10(2)3/h6,8,10,13,15H,5,7,9,14H2,1-4H3. The molecule has 6 nitrogen and oxygen atoms in total. The number of rotatable bonds is 8. The Kier molecular flexibility index (Phi) is 6.19. The molecule has 0 saturated heterocycles. The average Bonchev–Trinajstić information content (AvgIpc) is 2.81. The molecule has 7 heteroatoms. The highest BCUT2D eigenvalue weighted by atomic mass is 32.2. The van der Waals surface area contributed by atoms with Crippen molar-refractivity contribution in [1.82, 2.24) is 9.29 Å². The van der Waals surface area contributed by atoms with Crippen LogP contribution in [0.25, 0.3) is 0 Å². The normalized spacial score (nSPS) is 13.9. The van der Waals surface area contributed by atoms with Gasteiger partial charge in [0, 0.05) is 38.1 Å². The molecule has 1 unspecified atom stereocenters. The molecule has 1 aromatic heterocycles. The van der Waals surface area contributed by atoms with E-state index in [-0.39, 0.29) is 16.9 Å². The molecule has 0 aliphatic rings. The Bertz CT molecular complexity index is 501. The first-order chi connectivity index (χ1) is 9.35. The van der Waals surface area contributed by atoms with E-state index in [9.17, 15) is 8.42 Å². The quantitative estimate of drug-likeness (QED) is 0.747. The van der Waals surface area contributed by atoms with Crippen molar-refractivity contribution in [1.29, 1.82) is 0 Å². The van der Waals surface area contributed by atoms with Gasteiger partial charge in [-0.1, -0.05) is 13.8 Å². The van der Waals surface area contributed by atoms with Crippen LogP contribution in [0.1, 0.15) is 26.5 Å². The van der Waals surface area contributed by atoms with Crippen LogP contribution < -0.4 is 10.5 Å². The Balaban J connectivity index is 3.00. The third kappa shape index (κ3) is 4.05. The number of ether oxygens (including phenoxy) is 1. The molecule has 1 rings (SSSR count). The molecule has 3 N–H and O–H groups in total. The molecule has 0 amide bonds. The highest BCUT2D eigenvalue weighted by Gasteiger charge is 2.24. The summed E-state index contributed by atoms with van der Waals surface area (Å²) in [6.45, 7) is 7.20. The number of aryl methyl sites for hydroxylation is 1. The van der Waals surface area contributed by atoms with Gasteiger partial charge in [0.15, 0.2) is 0 Å². The van der Waals surface area contributed by atoms with E-state index in [2.05, 4.69) is 4.72 Å². The molecular formula is C13H25N3O3S. The molecule has 0 aromatic carbocycles. The predicted molar refractivity (Wildman–Crippen MR) is 78.8 cm³/mol. The van der Waals surface area contributed by atoms with Crippen molar-refractivity contribution >= 4 is 10.0 Å². The molecule has 0 spiro atoms. The van der Waals surface area contributed by atoms with E-state index in [1.165, 1.54) is 0 Å². The van der Waals surface area contributed by atoms with Crippen molar-refractivity contribution < 1.29 is 13.2 Å².